The Morgan fingerprint density at radius 2 is 1.91 bits per heavy atom. The Bertz CT molecular complexity index is 141. The molecule has 11 heavy (non-hydrogen) atoms. The number of hydrogen-bond donors (Lipinski definition) is 0. The average molecular weight is 168 g/mol. The van der Waals surface area contributed by atoms with E-state index in [0.29, 0.717) is 0 Å². The van der Waals surface area contributed by atoms with E-state index in [0.717, 1.165) is 5.54 Å². The van der Waals surface area contributed by atoms with Crippen molar-refractivity contribution in [3.63, 3.8) is 0 Å². The van der Waals surface area contributed by atoms with Crippen LogP contribution in [0.2, 0.25) is 25.2 Å². The molecule has 0 N–H and O–H groups in total. The van der Waals surface area contributed by atoms with Gasteiger partial charge in [0.1, 0.15) is 0 Å². The zero-order valence-electron chi connectivity index (χ0n) is 8.06. The molecule has 0 nitrogen and oxygen atoms in total. The summed E-state index contributed by atoms with van der Waals surface area (Å²) < 4.78 is 0. The number of rotatable bonds is 1. The van der Waals surface area contributed by atoms with E-state index in [9.17, 15) is 0 Å². The molecule has 0 fully saturated rings. The summed E-state index contributed by atoms with van der Waals surface area (Å²) in [6.45, 7) is 7.44. The van der Waals surface area contributed by atoms with E-state index in [1.165, 1.54) is 25.7 Å². The summed E-state index contributed by atoms with van der Waals surface area (Å²) in [4.78, 5) is 0. The summed E-state index contributed by atoms with van der Waals surface area (Å²) in [7, 11) is -0.875. The van der Waals surface area contributed by atoms with Gasteiger partial charge in [0.05, 0.1) is 8.07 Å². The molecule has 0 spiro atoms. The van der Waals surface area contributed by atoms with Crippen molar-refractivity contribution in [2.75, 3.05) is 0 Å². The third kappa shape index (κ3) is 2.82. The minimum Gasteiger partial charge on any atom is -0.0885 e. The van der Waals surface area contributed by atoms with Crippen LogP contribution >= 0.6 is 0 Å². The maximum absolute atomic E-state index is 2.49. The lowest BCUT2D eigenvalue weighted by Crippen LogP contribution is -2.26. The highest BCUT2D eigenvalue weighted by Crippen LogP contribution is 2.31. The van der Waals surface area contributed by atoms with Gasteiger partial charge in [-0.2, -0.15) is 0 Å². The van der Waals surface area contributed by atoms with Gasteiger partial charge in [-0.15, -0.1) is 0 Å². The van der Waals surface area contributed by atoms with Gasteiger partial charge >= 0.3 is 0 Å². The first-order valence-corrected chi connectivity index (χ1v) is 8.35. The molecule has 0 saturated heterocycles. The molecular formula is C10H20Si. The first kappa shape index (κ1) is 9.05. The van der Waals surface area contributed by atoms with Crippen molar-refractivity contribution in [3.05, 3.63) is 12.2 Å². The Morgan fingerprint density at radius 1 is 1.18 bits per heavy atom. The summed E-state index contributed by atoms with van der Waals surface area (Å²) >= 11 is 0. The van der Waals surface area contributed by atoms with Crippen LogP contribution in [0.5, 0.6) is 0 Å². The quantitative estimate of drug-likeness (QED) is 0.412. The van der Waals surface area contributed by atoms with Crippen LogP contribution in [0, 0.1) is 0 Å². The van der Waals surface area contributed by atoms with Crippen LogP contribution in [0.4, 0.5) is 0 Å². The number of hydrogen-bond acceptors (Lipinski definition) is 0. The van der Waals surface area contributed by atoms with Gasteiger partial charge in [0.2, 0.25) is 0 Å². The molecule has 1 heteroatoms. The van der Waals surface area contributed by atoms with E-state index < -0.39 is 8.07 Å². The Morgan fingerprint density at radius 3 is 2.55 bits per heavy atom. The normalized spacial score (nSPS) is 26.6. The van der Waals surface area contributed by atoms with Crippen molar-refractivity contribution in [2.24, 2.45) is 0 Å². The topological polar surface area (TPSA) is 0 Å². The summed E-state index contributed by atoms with van der Waals surface area (Å²) in [6, 6.07) is 0. The zero-order valence-corrected chi connectivity index (χ0v) is 9.06. The van der Waals surface area contributed by atoms with Crippen molar-refractivity contribution in [1.82, 2.24) is 0 Å². The van der Waals surface area contributed by atoms with Crippen molar-refractivity contribution in [1.29, 1.82) is 0 Å². The van der Waals surface area contributed by atoms with Gasteiger partial charge in [0.15, 0.2) is 0 Å². The first-order valence-electron chi connectivity index (χ1n) is 4.77. The van der Waals surface area contributed by atoms with Gasteiger partial charge in [-0.3, -0.25) is 0 Å². The van der Waals surface area contributed by atoms with Crippen LogP contribution in [-0.2, 0) is 0 Å². The van der Waals surface area contributed by atoms with Gasteiger partial charge in [0.25, 0.3) is 0 Å². The van der Waals surface area contributed by atoms with E-state index in [4.69, 9.17) is 0 Å². The zero-order chi connectivity index (χ0) is 8.32. The third-order valence-electron chi connectivity index (χ3n) is 2.62. The van der Waals surface area contributed by atoms with Gasteiger partial charge in [0, 0.05) is 0 Å². The third-order valence-corrected chi connectivity index (χ3v) is 5.32. The lowest BCUT2D eigenvalue weighted by Gasteiger charge is -2.25. The summed E-state index contributed by atoms with van der Waals surface area (Å²) in [5.74, 6) is 0. The molecule has 0 amide bonds. The van der Waals surface area contributed by atoms with Gasteiger partial charge in [-0.05, 0) is 24.8 Å². The second-order valence-electron chi connectivity index (χ2n) is 4.69. The molecular weight excluding hydrogens is 148 g/mol. The van der Waals surface area contributed by atoms with Gasteiger partial charge in [-0.25, -0.2) is 0 Å². The summed E-state index contributed by atoms with van der Waals surface area (Å²) in [5.41, 5.74) is 0.949. The molecule has 0 aromatic carbocycles. The highest BCUT2D eigenvalue weighted by Gasteiger charge is 2.24. The Balaban J connectivity index is 2.56. The molecule has 0 aromatic heterocycles. The second kappa shape index (κ2) is 3.57. The second-order valence-corrected chi connectivity index (χ2v) is 10.2. The van der Waals surface area contributed by atoms with Crippen molar-refractivity contribution >= 4 is 8.07 Å². The minimum absolute atomic E-state index is 0.875. The fourth-order valence-electron chi connectivity index (χ4n) is 1.70. The predicted octanol–water partition coefficient (Wildman–Crippen LogP) is 3.83. The smallest absolute Gasteiger partial charge is 0.0513 e. The molecule has 1 rings (SSSR count). The van der Waals surface area contributed by atoms with E-state index in [1.807, 2.05) is 0 Å². The molecule has 0 bridgehead atoms. The lowest BCUT2D eigenvalue weighted by atomic mass is 10.2. The van der Waals surface area contributed by atoms with E-state index in [1.54, 1.807) is 0 Å². The van der Waals surface area contributed by atoms with Crippen molar-refractivity contribution in [2.45, 2.75) is 50.9 Å². The minimum atomic E-state index is -0.875. The molecule has 0 heterocycles. The molecule has 0 aromatic rings. The maximum atomic E-state index is 2.49. The largest absolute Gasteiger partial charge is 0.0885 e. The fraction of sp³-hybridized carbons (Fsp3) is 0.800. The molecule has 0 aliphatic heterocycles. The van der Waals surface area contributed by atoms with Crippen LogP contribution < -0.4 is 0 Å². The molecule has 1 aliphatic carbocycles. The highest BCUT2D eigenvalue weighted by molar-refractivity contribution is 6.78. The van der Waals surface area contributed by atoms with Crippen LogP contribution in [0.1, 0.15) is 25.7 Å². The lowest BCUT2D eigenvalue weighted by molar-refractivity contribution is 0.707. The van der Waals surface area contributed by atoms with Crippen LogP contribution in [-0.4, -0.2) is 8.07 Å². The summed E-state index contributed by atoms with van der Waals surface area (Å²) in [6.07, 6.45) is 10.5. The monoisotopic (exact) mass is 168 g/mol. The van der Waals surface area contributed by atoms with E-state index in [2.05, 4.69) is 31.8 Å². The maximum Gasteiger partial charge on any atom is 0.0513 e. The fourth-order valence-corrected chi connectivity index (χ4v) is 3.49. The molecule has 1 atom stereocenters. The SMILES string of the molecule is C[Si](C)(C)[C@H]1C=CCCCC1. The average Bonchev–Trinajstić information content (AvgIpc) is 2.10. The molecule has 0 unspecified atom stereocenters. The van der Waals surface area contributed by atoms with Crippen molar-refractivity contribution < 1.29 is 0 Å². The molecule has 1 aliphatic rings. The van der Waals surface area contributed by atoms with E-state index in [-0.39, 0.29) is 0 Å². The molecule has 0 saturated carbocycles. The van der Waals surface area contributed by atoms with Crippen molar-refractivity contribution in [3.8, 4) is 0 Å². The predicted molar refractivity (Wildman–Crippen MR) is 54.7 cm³/mol. The Kier molecular flexibility index (Phi) is 2.94. The molecule has 0 radical (unpaired) electrons. The van der Waals surface area contributed by atoms with Crippen LogP contribution in [0.15, 0.2) is 12.2 Å². The summed E-state index contributed by atoms with van der Waals surface area (Å²) in [5, 5.41) is 0. The van der Waals surface area contributed by atoms with Gasteiger partial charge in [-0.1, -0.05) is 38.2 Å². The van der Waals surface area contributed by atoms with Crippen LogP contribution in [0.3, 0.4) is 0 Å². The molecule has 64 valence electrons. The Hall–Kier alpha value is -0.0431. The van der Waals surface area contributed by atoms with Crippen LogP contribution in [0.25, 0.3) is 0 Å². The standard InChI is InChI=1S/C10H20Si/c1-11(2,3)10-8-6-4-5-7-9-10/h6,8,10H,4-5,7,9H2,1-3H3/t10-/m0/s1. The van der Waals surface area contributed by atoms with E-state index >= 15 is 0 Å². The first-order chi connectivity index (χ1) is 5.11. The Labute approximate surface area is 71.7 Å². The number of allylic oxidation sites excluding steroid dienone is 2. The van der Waals surface area contributed by atoms with Gasteiger partial charge < -0.3 is 0 Å². The highest BCUT2D eigenvalue weighted by atomic mass is 28.3.